The van der Waals surface area contributed by atoms with Crippen LogP contribution in [0, 0.1) is 0 Å². The maximum Gasteiger partial charge on any atom is 0.348 e. The molecule has 0 N–H and O–H groups in total. The van der Waals surface area contributed by atoms with Crippen molar-refractivity contribution in [1.82, 2.24) is 5.16 Å². The molecule has 0 fully saturated rings. The van der Waals surface area contributed by atoms with Gasteiger partial charge in [-0.15, -0.1) is 11.3 Å². The Morgan fingerprint density at radius 3 is 2.45 bits per heavy atom. The lowest BCUT2D eigenvalue weighted by Gasteiger charge is -2.11. The molecular weight excluding hydrogens is 561 g/mol. The monoisotopic (exact) mass is 583 g/mol. The molecule has 0 saturated carbocycles. The van der Waals surface area contributed by atoms with Gasteiger partial charge in [-0.05, 0) is 54.6 Å². The summed E-state index contributed by atoms with van der Waals surface area (Å²) in [4.78, 5) is 14.7. The molecule has 5 aromatic rings. The van der Waals surface area contributed by atoms with Crippen LogP contribution in [0.3, 0.4) is 0 Å². The van der Waals surface area contributed by atoms with Crippen molar-refractivity contribution in [3.63, 3.8) is 0 Å². The minimum Gasteiger partial charge on any atom is -0.489 e. The quantitative estimate of drug-likeness (QED) is 0.169. The zero-order valence-corrected chi connectivity index (χ0v) is 23.9. The highest BCUT2D eigenvalue weighted by atomic mass is 35.5. The van der Waals surface area contributed by atoms with Crippen molar-refractivity contribution >= 4 is 62.4 Å². The zero-order chi connectivity index (χ0) is 26.8. The summed E-state index contributed by atoms with van der Waals surface area (Å²) in [6, 6.07) is 21.2. The molecule has 5 rings (SSSR count). The highest BCUT2D eigenvalue weighted by molar-refractivity contribution is 7.99. The van der Waals surface area contributed by atoms with E-state index in [2.05, 4.69) is 5.16 Å². The summed E-state index contributed by atoms with van der Waals surface area (Å²) in [5, 5.41) is 6.33. The average Bonchev–Trinajstić information content (AvgIpc) is 3.53. The summed E-state index contributed by atoms with van der Waals surface area (Å²) in [6.07, 6.45) is 0. The molecule has 3 aromatic carbocycles. The van der Waals surface area contributed by atoms with E-state index in [1.54, 1.807) is 30.0 Å². The van der Waals surface area contributed by atoms with Crippen molar-refractivity contribution in [2.75, 3.05) is 7.11 Å². The van der Waals surface area contributed by atoms with Crippen LogP contribution in [0.1, 0.15) is 40.8 Å². The summed E-state index contributed by atoms with van der Waals surface area (Å²) >= 11 is 16.0. The van der Waals surface area contributed by atoms with E-state index in [0.29, 0.717) is 31.9 Å². The Labute approximate surface area is 238 Å². The SMILES string of the molecule is COC(=O)c1cc2c(Sc3ccc(OCc4c(-c5c(Cl)cccc5Cl)noc4C(C)C)cc3)cccc2s1. The summed E-state index contributed by atoms with van der Waals surface area (Å²) in [7, 11) is 1.39. The first-order valence-corrected chi connectivity index (χ1v) is 14.2. The zero-order valence-electron chi connectivity index (χ0n) is 20.8. The van der Waals surface area contributed by atoms with Crippen LogP contribution in [-0.4, -0.2) is 18.2 Å². The Bertz CT molecular complexity index is 1590. The number of hydrogen-bond acceptors (Lipinski definition) is 7. The standard InChI is InChI=1S/C29H23Cl2NO4S2/c1-16(2)28-20(27(32-36-28)26-21(30)6-4-7-22(26)31)15-35-17-10-12-18(13-11-17)37-23-8-5-9-24-19(23)14-25(38-24)29(33)34-3/h4-14,16H,15H2,1-3H3. The van der Waals surface area contributed by atoms with E-state index in [-0.39, 0.29) is 18.5 Å². The van der Waals surface area contributed by atoms with Gasteiger partial charge in [-0.1, -0.05) is 66.1 Å². The normalized spacial score (nSPS) is 11.3. The molecular formula is C29H23Cl2NO4S2. The van der Waals surface area contributed by atoms with Crippen LogP contribution in [0.4, 0.5) is 0 Å². The van der Waals surface area contributed by atoms with Crippen molar-refractivity contribution in [2.24, 2.45) is 0 Å². The Kier molecular flexibility index (Phi) is 8.00. The van der Waals surface area contributed by atoms with E-state index < -0.39 is 0 Å². The van der Waals surface area contributed by atoms with Crippen LogP contribution >= 0.6 is 46.3 Å². The number of thiophene rings is 1. The summed E-state index contributed by atoms with van der Waals surface area (Å²) in [5.74, 6) is 1.23. The number of benzene rings is 3. The second-order valence-corrected chi connectivity index (χ2v) is 11.8. The molecule has 9 heteroatoms. The van der Waals surface area contributed by atoms with Crippen LogP contribution in [0.15, 0.2) is 81.0 Å². The number of carbonyl (C=O) groups is 1. The minimum atomic E-state index is -0.322. The number of nitrogens with zero attached hydrogens (tertiary/aromatic N) is 1. The fourth-order valence-electron chi connectivity index (χ4n) is 4.05. The van der Waals surface area contributed by atoms with Crippen molar-refractivity contribution in [3.05, 3.63) is 93.0 Å². The van der Waals surface area contributed by atoms with Crippen molar-refractivity contribution < 1.29 is 18.8 Å². The third-order valence-electron chi connectivity index (χ3n) is 5.89. The number of hydrogen-bond donors (Lipinski definition) is 0. The van der Waals surface area contributed by atoms with E-state index in [4.69, 9.17) is 37.2 Å². The number of esters is 1. The van der Waals surface area contributed by atoms with Gasteiger partial charge in [-0.25, -0.2) is 4.79 Å². The first kappa shape index (κ1) is 26.6. The number of halogens is 2. The van der Waals surface area contributed by atoms with E-state index in [1.807, 2.05) is 62.4 Å². The maximum atomic E-state index is 12.0. The van der Waals surface area contributed by atoms with Gasteiger partial charge in [0.25, 0.3) is 0 Å². The molecule has 38 heavy (non-hydrogen) atoms. The van der Waals surface area contributed by atoms with Gasteiger partial charge in [0.2, 0.25) is 0 Å². The van der Waals surface area contributed by atoms with Crippen LogP contribution < -0.4 is 4.74 Å². The third-order valence-corrected chi connectivity index (χ3v) is 8.68. The number of rotatable bonds is 8. The summed E-state index contributed by atoms with van der Waals surface area (Å²) in [6.45, 7) is 4.33. The molecule has 0 radical (unpaired) electrons. The highest BCUT2D eigenvalue weighted by Gasteiger charge is 2.24. The predicted molar refractivity (Wildman–Crippen MR) is 154 cm³/mol. The summed E-state index contributed by atoms with van der Waals surface area (Å²) < 4.78 is 17.8. The van der Waals surface area contributed by atoms with Gasteiger partial charge in [0.05, 0.1) is 22.7 Å². The Balaban J connectivity index is 1.35. The fourth-order valence-corrected chi connectivity index (χ4v) is 6.64. The van der Waals surface area contributed by atoms with Crippen molar-refractivity contribution in [1.29, 1.82) is 0 Å². The maximum absolute atomic E-state index is 12.0. The largest absolute Gasteiger partial charge is 0.489 e. The molecule has 5 nitrogen and oxygen atoms in total. The number of carbonyl (C=O) groups excluding carboxylic acids is 1. The molecule has 0 aliphatic carbocycles. The van der Waals surface area contributed by atoms with E-state index in [1.165, 1.54) is 18.4 Å². The van der Waals surface area contributed by atoms with Crippen molar-refractivity contribution in [2.45, 2.75) is 36.2 Å². The first-order chi connectivity index (χ1) is 18.4. The molecule has 2 heterocycles. The second-order valence-electron chi connectivity index (χ2n) is 8.76. The number of methoxy groups -OCH3 is 1. The minimum absolute atomic E-state index is 0.106. The molecule has 194 valence electrons. The van der Waals surface area contributed by atoms with Gasteiger partial charge < -0.3 is 14.0 Å². The Hall–Kier alpha value is -2.97. The second kappa shape index (κ2) is 11.4. The molecule has 0 aliphatic heterocycles. The summed E-state index contributed by atoms with van der Waals surface area (Å²) in [5.41, 5.74) is 2.04. The van der Waals surface area contributed by atoms with E-state index >= 15 is 0 Å². The molecule has 2 aromatic heterocycles. The van der Waals surface area contributed by atoms with Gasteiger partial charge >= 0.3 is 5.97 Å². The van der Waals surface area contributed by atoms with Crippen molar-refractivity contribution in [3.8, 4) is 17.0 Å². The van der Waals surface area contributed by atoms with Crippen LogP contribution in [0.5, 0.6) is 5.75 Å². The van der Waals surface area contributed by atoms with Gasteiger partial charge in [0.1, 0.15) is 28.7 Å². The van der Waals surface area contributed by atoms with E-state index in [9.17, 15) is 4.79 Å². The Morgan fingerprint density at radius 1 is 1.05 bits per heavy atom. The van der Waals surface area contributed by atoms with Gasteiger partial charge in [0, 0.05) is 31.4 Å². The molecule has 0 unspecified atom stereocenters. The van der Waals surface area contributed by atoms with Gasteiger partial charge in [0.15, 0.2) is 0 Å². The molecule has 0 bridgehead atoms. The fraction of sp³-hybridized carbons (Fsp3) is 0.172. The topological polar surface area (TPSA) is 61.6 Å². The van der Waals surface area contributed by atoms with Crippen LogP contribution in [-0.2, 0) is 11.3 Å². The molecule has 0 saturated heterocycles. The van der Waals surface area contributed by atoms with Gasteiger partial charge in [-0.3, -0.25) is 0 Å². The lowest BCUT2D eigenvalue weighted by Crippen LogP contribution is -2.01. The third kappa shape index (κ3) is 5.43. The molecule has 0 atom stereocenters. The van der Waals surface area contributed by atoms with Crippen LogP contribution in [0.25, 0.3) is 21.3 Å². The van der Waals surface area contributed by atoms with Gasteiger partial charge in [-0.2, -0.15) is 0 Å². The smallest absolute Gasteiger partial charge is 0.348 e. The average molecular weight is 585 g/mol. The van der Waals surface area contributed by atoms with Crippen LogP contribution in [0.2, 0.25) is 10.0 Å². The van der Waals surface area contributed by atoms with E-state index in [0.717, 1.165) is 31.2 Å². The number of aromatic nitrogens is 1. The number of fused-ring (bicyclic) bond motifs is 1. The Morgan fingerprint density at radius 2 is 1.76 bits per heavy atom. The lowest BCUT2D eigenvalue weighted by atomic mass is 10.0. The molecule has 0 spiro atoms. The lowest BCUT2D eigenvalue weighted by molar-refractivity contribution is 0.0606. The molecule has 0 amide bonds. The molecule has 0 aliphatic rings. The highest BCUT2D eigenvalue weighted by Crippen LogP contribution is 2.40. The predicted octanol–water partition coefficient (Wildman–Crippen LogP) is 9.50. The first-order valence-electron chi connectivity index (χ1n) is 11.8. The number of ether oxygens (including phenoxy) is 2.